The first-order valence-electron chi connectivity index (χ1n) is 6.20. The van der Waals surface area contributed by atoms with E-state index in [1.165, 1.54) is 0 Å². The van der Waals surface area contributed by atoms with Crippen molar-refractivity contribution in [3.05, 3.63) is 63.6 Å². The van der Waals surface area contributed by atoms with Gasteiger partial charge in [-0.2, -0.15) is 0 Å². The largest absolute Gasteiger partial charge is 0.240 e. The van der Waals surface area contributed by atoms with E-state index in [0.29, 0.717) is 4.90 Å². The zero-order chi connectivity index (χ0) is 14.8. The smallest absolute Gasteiger partial charge is 0.207 e. The van der Waals surface area contributed by atoms with Gasteiger partial charge in [0, 0.05) is 11.0 Å². The van der Waals surface area contributed by atoms with Crippen molar-refractivity contribution in [1.29, 1.82) is 0 Å². The summed E-state index contributed by atoms with van der Waals surface area (Å²) in [6.07, 6.45) is 0. The van der Waals surface area contributed by atoms with Crippen LogP contribution in [0.5, 0.6) is 0 Å². The minimum absolute atomic E-state index is 0.273. The van der Waals surface area contributed by atoms with E-state index < -0.39 is 10.0 Å². The van der Waals surface area contributed by atoms with Crippen LogP contribution in [0.2, 0.25) is 0 Å². The van der Waals surface area contributed by atoms with Crippen LogP contribution in [-0.2, 0) is 16.6 Å². The van der Waals surface area contributed by atoms with Crippen molar-refractivity contribution in [3.63, 3.8) is 0 Å². The molecule has 0 spiro atoms. The molecule has 0 radical (unpaired) electrons. The fraction of sp³-hybridized carbons (Fsp3) is 0.200. The van der Waals surface area contributed by atoms with Crippen molar-refractivity contribution in [3.8, 4) is 0 Å². The van der Waals surface area contributed by atoms with Crippen molar-refractivity contribution in [1.82, 2.24) is 4.72 Å². The Kier molecular flexibility index (Phi) is 4.62. The molecular weight excluding hydrogens is 338 g/mol. The maximum atomic E-state index is 12.2. The quantitative estimate of drug-likeness (QED) is 0.913. The van der Waals surface area contributed by atoms with E-state index in [4.69, 9.17) is 0 Å². The molecule has 0 amide bonds. The second-order valence-electron chi connectivity index (χ2n) is 4.70. The third kappa shape index (κ3) is 3.69. The highest BCUT2D eigenvalue weighted by atomic mass is 79.9. The molecule has 0 saturated heterocycles. The highest BCUT2D eigenvalue weighted by molar-refractivity contribution is 9.10. The molecule has 2 rings (SSSR count). The molecule has 0 bridgehead atoms. The molecule has 0 fully saturated rings. The van der Waals surface area contributed by atoms with Gasteiger partial charge in [0.2, 0.25) is 10.0 Å². The molecule has 3 nitrogen and oxygen atoms in total. The second-order valence-corrected chi connectivity index (χ2v) is 7.38. The van der Waals surface area contributed by atoms with Crippen molar-refractivity contribution in [2.45, 2.75) is 25.3 Å². The summed E-state index contributed by atoms with van der Waals surface area (Å²) in [7, 11) is -3.48. The van der Waals surface area contributed by atoms with Crippen molar-refractivity contribution < 1.29 is 8.42 Å². The standard InChI is InChI=1S/C15H16BrNO2S/c1-11-6-7-15(8-12(11)2)20(18,19)17-10-13-4-3-5-14(16)9-13/h3-9,17H,10H2,1-2H3. The van der Waals surface area contributed by atoms with E-state index in [1.54, 1.807) is 12.1 Å². The number of hydrogen-bond donors (Lipinski definition) is 1. The molecule has 106 valence electrons. The van der Waals surface area contributed by atoms with Gasteiger partial charge in [-0.25, -0.2) is 13.1 Å². The van der Waals surface area contributed by atoms with Crippen molar-refractivity contribution >= 4 is 26.0 Å². The van der Waals surface area contributed by atoms with Gasteiger partial charge in [0.15, 0.2) is 0 Å². The van der Waals surface area contributed by atoms with Gasteiger partial charge in [0.25, 0.3) is 0 Å². The van der Waals surface area contributed by atoms with Crippen LogP contribution in [0.1, 0.15) is 16.7 Å². The SMILES string of the molecule is Cc1ccc(S(=O)(=O)NCc2cccc(Br)c2)cc1C. The third-order valence-corrected chi connectivity index (χ3v) is 5.04. The van der Waals surface area contributed by atoms with E-state index >= 15 is 0 Å². The van der Waals surface area contributed by atoms with Gasteiger partial charge in [-0.3, -0.25) is 0 Å². The second kappa shape index (κ2) is 6.08. The molecule has 1 N–H and O–H groups in total. The lowest BCUT2D eigenvalue weighted by molar-refractivity contribution is 0.581. The highest BCUT2D eigenvalue weighted by Gasteiger charge is 2.14. The lowest BCUT2D eigenvalue weighted by atomic mass is 10.1. The van der Waals surface area contributed by atoms with Crippen molar-refractivity contribution in [2.75, 3.05) is 0 Å². The van der Waals surface area contributed by atoms with E-state index in [9.17, 15) is 8.42 Å². The summed E-state index contributed by atoms with van der Waals surface area (Å²) >= 11 is 3.37. The molecule has 0 saturated carbocycles. The molecule has 0 aliphatic carbocycles. The van der Waals surface area contributed by atoms with Crippen molar-refractivity contribution in [2.24, 2.45) is 0 Å². The van der Waals surface area contributed by atoms with Gasteiger partial charge in [0.1, 0.15) is 0 Å². The number of sulfonamides is 1. The Hall–Kier alpha value is -1.17. The van der Waals surface area contributed by atoms with Gasteiger partial charge in [0.05, 0.1) is 4.90 Å². The van der Waals surface area contributed by atoms with Gasteiger partial charge >= 0.3 is 0 Å². The highest BCUT2D eigenvalue weighted by Crippen LogP contribution is 2.16. The maximum Gasteiger partial charge on any atom is 0.240 e. The molecule has 2 aromatic carbocycles. The monoisotopic (exact) mass is 353 g/mol. The van der Waals surface area contributed by atoms with E-state index in [1.807, 2.05) is 44.2 Å². The van der Waals surface area contributed by atoms with Gasteiger partial charge < -0.3 is 0 Å². The Morgan fingerprint density at radius 2 is 1.80 bits per heavy atom. The van der Waals surface area contributed by atoms with Gasteiger partial charge in [-0.1, -0.05) is 34.1 Å². The molecule has 0 aromatic heterocycles. The number of benzene rings is 2. The number of rotatable bonds is 4. The minimum atomic E-state index is -3.48. The van der Waals surface area contributed by atoms with Crippen LogP contribution in [-0.4, -0.2) is 8.42 Å². The third-order valence-electron chi connectivity index (χ3n) is 3.14. The summed E-state index contributed by atoms with van der Waals surface area (Å²) in [6.45, 7) is 4.14. The molecular formula is C15H16BrNO2S. The van der Waals surface area contributed by atoms with Crippen LogP contribution in [0.15, 0.2) is 51.8 Å². The number of aryl methyl sites for hydroxylation is 2. The molecule has 5 heteroatoms. The number of hydrogen-bond acceptors (Lipinski definition) is 2. The summed E-state index contributed by atoms with van der Waals surface area (Å²) in [5.74, 6) is 0. The van der Waals surface area contributed by atoms with Crippen LogP contribution >= 0.6 is 15.9 Å². The summed E-state index contributed by atoms with van der Waals surface area (Å²) in [5.41, 5.74) is 2.96. The molecule has 0 heterocycles. The molecule has 0 atom stereocenters. The number of halogens is 1. The summed E-state index contributed by atoms with van der Waals surface area (Å²) in [6, 6.07) is 12.7. The van der Waals surface area contributed by atoms with Crippen LogP contribution in [0.25, 0.3) is 0 Å². The summed E-state index contributed by atoms with van der Waals surface area (Å²) < 4.78 is 28.0. The Morgan fingerprint density at radius 3 is 2.45 bits per heavy atom. The topological polar surface area (TPSA) is 46.2 Å². The lowest BCUT2D eigenvalue weighted by Gasteiger charge is -2.09. The zero-order valence-corrected chi connectivity index (χ0v) is 13.8. The Labute approximate surface area is 128 Å². The van der Waals surface area contributed by atoms with Gasteiger partial charge in [-0.05, 0) is 54.8 Å². The fourth-order valence-corrected chi connectivity index (χ4v) is 3.34. The van der Waals surface area contributed by atoms with Crippen LogP contribution in [0.3, 0.4) is 0 Å². The predicted octanol–water partition coefficient (Wildman–Crippen LogP) is 3.54. The van der Waals surface area contributed by atoms with Crippen LogP contribution in [0.4, 0.5) is 0 Å². The molecule has 0 aliphatic heterocycles. The first-order chi connectivity index (χ1) is 9.38. The molecule has 20 heavy (non-hydrogen) atoms. The van der Waals surface area contributed by atoms with E-state index in [2.05, 4.69) is 20.7 Å². The van der Waals surface area contributed by atoms with E-state index in [-0.39, 0.29) is 6.54 Å². The Balaban J connectivity index is 2.17. The first kappa shape index (κ1) is 15.2. The predicted molar refractivity (Wildman–Crippen MR) is 84.1 cm³/mol. The molecule has 0 aliphatic rings. The number of nitrogens with one attached hydrogen (secondary N) is 1. The van der Waals surface area contributed by atoms with Crippen LogP contribution < -0.4 is 4.72 Å². The maximum absolute atomic E-state index is 12.2. The normalized spacial score (nSPS) is 11.6. The van der Waals surface area contributed by atoms with Crippen LogP contribution in [0, 0.1) is 13.8 Å². The average molecular weight is 354 g/mol. The summed E-state index contributed by atoms with van der Waals surface area (Å²) in [5, 5.41) is 0. The molecule has 0 unspecified atom stereocenters. The first-order valence-corrected chi connectivity index (χ1v) is 8.47. The Morgan fingerprint density at radius 1 is 1.05 bits per heavy atom. The average Bonchev–Trinajstić information content (AvgIpc) is 2.40. The van der Waals surface area contributed by atoms with E-state index in [0.717, 1.165) is 21.2 Å². The molecule has 2 aromatic rings. The summed E-state index contributed by atoms with van der Waals surface area (Å²) in [4.78, 5) is 0.301. The fourth-order valence-electron chi connectivity index (χ4n) is 1.79. The Bertz CT molecular complexity index is 726. The lowest BCUT2D eigenvalue weighted by Crippen LogP contribution is -2.23. The van der Waals surface area contributed by atoms with Gasteiger partial charge in [-0.15, -0.1) is 0 Å². The zero-order valence-electron chi connectivity index (χ0n) is 11.4. The minimum Gasteiger partial charge on any atom is -0.207 e.